The summed E-state index contributed by atoms with van der Waals surface area (Å²) in [6, 6.07) is 5.19. The predicted molar refractivity (Wildman–Crippen MR) is 98.1 cm³/mol. The molecular formula is C17H24N2O4S2. The zero-order valence-corrected chi connectivity index (χ0v) is 16.0. The van der Waals surface area contributed by atoms with Gasteiger partial charge in [0.15, 0.2) is 0 Å². The van der Waals surface area contributed by atoms with Gasteiger partial charge in [0.25, 0.3) is 0 Å². The number of amides is 1. The number of rotatable bonds is 6. The highest BCUT2D eigenvalue weighted by atomic mass is 32.2. The number of carbonyl (C=O) groups is 1. The van der Waals surface area contributed by atoms with Crippen molar-refractivity contribution in [3.8, 4) is 0 Å². The summed E-state index contributed by atoms with van der Waals surface area (Å²) >= 11 is 1.52. The summed E-state index contributed by atoms with van der Waals surface area (Å²) in [5, 5.41) is 0. The molecule has 8 heteroatoms. The lowest BCUT2D eigenvalue weighted by molar-refractivity contribution is -0.129. The molecule has 2 heterocycles. The zero-order chi connectivity index (χ0) is 17.9. The van der Waals surface area contributed by atoms with E-state index in [9.17, 15) is 13.2 Å². The lowest BCUT2D eigenvalue weighted by Gasteiger charge is -2.29. The van der Waals surface area contributed by atoms with E-state index < -0.39 is 10.0 Å². The van der Waals surface area contributed by atoms with E-state index in [4.69, 9.17) is 4.74 Å². The molecule has 3 rings (SSSR count). The van der Waals surface area contributed by atoms with Crippen molar-refractivity contribution in [3.63, 3.8) is 0 Å². The first-order valence-corrected chi connectivity index (χ1v) is 11.4. The first-order valence-electron chi connectivity index (χ1n) is 8.49. The van der Waals surface area contributed by atoms with Crippen molar-refractivity contribution in [2.24, 2.45) is 0 Å². The summed E-state index contributed by atoms with van der Waals surface area (Å²) in [5.74, 6) is 0.614. The number of hydrogen-bond donors (Lipinski definition) is 1. The van der Waals surface area contributed by atoms with Gasteiger partial charge in [-0.2, -0.15) is 11.8 Å². The molecule has 1 fully saturated rings. The van der Waals surface area contributed by atoms with Crippen LogP contribution in [-0.2, 0) is 32.5 Å². The minimum atomic E-state index is -3.53. The van der Waals surface area contributed by atoms with Gasteiger partial charge in [-0.3, -0.25) is 4.79 Å². The van der Waals surface area contributed by atoms with Crippen LogP contribution in [0.25, 0.3) is 0 Å². The Morgan fingerprint density at radius 2 is 2.24 bits per heavy atom. The highest BCUT2D eigenvalue weighted by Crippen LogP contribution is 2.23. The number of sulfonamides is 1. The number of fused-ring (bicyclic) bond motifs is 1. The van der Waals surface area contributed by atoms with E-state index in [0.29, 0.717) is 38.4 Å². The van der Waals surface area contributed by atoms with E-state index in [0.717, 1.165) is 24.0 Å². The van der Waals surface area contributed by atoms with Crippen molar-refractivity contribution in [3.05, 3.63) is 29.3 Å². The third-order valence-corrected chi connectivity index (χ3v) is 6.60. The van der Waals surface area contributed by atoms with Crippen LogP contribution >= 0.6 is 11.8 Å². The van der Waals surface area contributed by atoms with Crippen molar-refractivity contribution in [2.75, 3.05) is 31.7 Å². The quantitative estimate of drug-likeness (QED) is 0.802. The average molecular weight is 385 g/mol. The highest BCUT2D eigenvalue weighted by molar-refractivity contribution is 7.99. The van der Waals surface area contributed by atoms with Crippen LogP contribution in [0.4, 0.5) is 0 Å². The second kappa shape index (κ2) is 8.07. The number of benzene rings is 1. The summed E-state index contributed by atoms with van der Waals surface area (Å²) in [5.41, 5.74) is 2.03. The third kappa shape index (κ3) is 4.55. The molecule has 1 aromatic carbocycles. The van der Waals surface area contributed by atoms with Gasteiger partial charge in [-0.15, -0.1) is 0 Å². The summed E-state index contributed by atoms with van der Waals surface area (Å²) in [7, 11) is -3.53. The first kappa shape index (κ1) is 18.7. The van der Waals surface area contributed by atoms with Crippen LogP contribution in [0.15, 0.2) is 23.1 Å². The van der Waals surface area contributed by atoms with Crippen molar-refractivity contribution in [2.45, 2.75) is 36.8 Å². The molecule has 25 heavy (non-hydrogen) atoms. The van der Waals surface area contributed by atoms with E-state index in [-0.39, 0.29) is 16.9 Å². The molecule has 0 bridgehead atoms. The summed E-state index contributed by atoms with van der Waals surface area (Å²) < 4.78 is 33.1. The van der Waals surface area contributed by atoms with Gasteiger partial charge in [0, 0.05) is 26.2 Å². The number of ether oxygens (including phenoxy) is 1. The molecule has 0 radical (unpaired) electrons. The monoisotopic (exact) mass is 384 g/mol. The lowest BCUT2D eigenvalue weighted by Crippen LogP contribution is -2.37. The molecule has 0 aromatic heterocycles. The van der Waals surface area contributed by atoms with E-state index in [1.807, 2.05) is 17.2 Å². The van der Waals surface area contributed by atoms with Crippen LogP contribution in [0, 0.1) is 0 Å². The Balaban J connectivity index is 1.68. The average Bonchev–Trinajstić information content (AvgIpc) is 3.13. The topological polar surface area (TPSA) is 75.7 Å². The number of nitrogens with zero attached hydrogens (tertiary/aromatic N) is 1. The van der Waals surface area contributed by atoms with Crippen molar-refractivity contribution in [1.29, 1.82) is 0 Å². The fraction of sp³-hybridized carbons (Fsp3) is 0.588. The Kier molecular flexibility index (Phi) is 6.04. The fourth-order valence-electron chi connectivity index (χ4n) is 3.22. The second-order valence-corrected chi connectivity index (χ2v) is 9.05. The number of hydrogen-bond acceptors (Lipinski definition) is 5. The highest BCUT2D eigenvalue weighted by Gasteiger charge is 2.24. The molecule has 0 unspecified atom stereocenters. The number of thioether (sulfide) groups is 1. The summed E-state index contributed by atoms with van der Waals surface area (Å²) in [4.78, 5) is 14.2. The zero-order valence-electron chi connectivity index (χ0n) is 14.4. The van der Waals surface area contributed by atoms with Crippen LogP contribution < -0.4 is 4.72 Å². The smallest absolute Gasteiger partial charge is 0.240 e. The summed E-state index contributed by atoms with van der Waals surface area (Å²) in [6.07, 6.45) is 4.45. The van der Waals surface area contributed by atoms with Crippen molar-refractivity contribution < 1.29 is 17.9 Å². The minimum absolute atomic E-state index is 0.0246. The Labute approximate surface area is 153 Å². The van der Waals surface area contributed by atoms with Gasteiger partial charge in [-0.05, 0) is 48.8 Å². The number of nitrogens with one attached hydrogen (secondary N) is 1. The molecule has 0 spiro atoms. The maximum Gasteiger partial charge on any atom is 0.240 e. The minimum Gasteiger partial charge on any atom is -0.377 e. The fourth-order valence-corrected chi connectivity index (χ4v) is 4.76. The molecular weight excluding hydrogens is 360 g/mol. The molecule has 1 aromatic rings. The van der Waals surface area contributed by atoms with E-state index in [1.165, 1.54) is 11.8 Å². The lowest BCUT2D eigenvalue weighted by atomic mass is 10.00. The Morgan fingerprint density at radius 3 is 2.96 bits per heavy atom. The molecule has 1 amide bonds. The van der Waals surface area contributed by atoms with E-state index in [2.05, 4.69) is 4.72 Å². The van der Waals surface area contributed by atoms with Crippen LogP contribution in [0.5, 0.6) is 0 Å². The van der Waals surface area contributed by atoms with E-state index in [1.54, 1.807) is 12.1 Å². The van der Waals surface area contributed by atoms with Gasteiger partial charge >= 0.3 is 0 Å². The second-order valence-electron chi connectivity index (χ2n) is 6.42. The van der Waals surface area contributed by atoms with Crippen LogP contribution in [-0.4, -0.2) is 57.0 Å². The molecule has 6 nitrogen and oxygen atoms in total. The van der Waals surface area contributed by atoms with Gasteiger partial charge in [-0.25, -0.2) is 13.1 Å². The Bertz CT molecular complexity index is 730. The van der Waals surface area contributed by atoms with Crippen LogP contribution in [0.2, 0.25) is 0 Å². The summed E-state index contributed by atoms with van der Waals surface area (Å²) in [6.45, 7) is 2.21. The van der Waals surface area contributed by atoms with E-state index >= 15 is 0 Å². The maximum absolute atomic E-state index is 12.5. The Hall–Kier alpha value is -1.09. The van der Waals surface area contributed by atoms with Gasteiger partial charge in [0.1, 0.15) is 0 Å². The molecule has 1 N–H and O–H groups in total. The standard InChI is InChI=1S/C17H24N2O4S2/c1-24-12-17(20)19-7-6-13-9-16(5-4-14(13)11-19)25(21,22)18-10-15-3-2-8-23-15/h4-5,9,15,18H,2-3,6-8,10-12H2,1H3/t15-/m0/s1. The Morgan fingerprint density at radius 1 is 1.40 bits per heavy atom. The predicted octanol–water partition coefficient (Wildman–Crippen LogP) is 1.39. The van der Waals surface area contributed by atoms with Gasteiger partial charge in [0.2, 0.25) is 15.9 Å². The van der Waals surface area contributed by atoms with Crippen molar-refractivity contribution in [1.82, 2.24) is 9.62 Å². The van der Waals surface area contributed by atoms with Crippen LogP contribution in [0.1, 0.15) is 24.0 Å². The van der Waals surface area contributed by atoms with Crippen molar-refractivity contribution >= 4 is 27.7 Å². The largest absolute Gasteiger partial charge is 0.377 e. The molecule has 2 aliphatic rings. The number of carbonyl (C=O) groups excluding carboxylic acids is 1. The van der Waals surface area contributed by atoms with Gasteiger partial charge in [0.05, 0.1) is 16.8 Å². The molecule has 2 aliphatic heterocycles. The SMILES string of the molecule is CSCC(=O)N1CCc2cc(S(=O)(=O)NC[C@@H]3CCCO3)ccc2C1. The van der Waals surface area contributed by atoms with Gasteiger partial charge < -0.3 is 9.64 Å². The molecule has 0 saturated carbocycles. The molecule has 0 aliphatic carbocycles. The molecule has 138 valence electrons. The maximum atomic E-state index is 12.5. The normalized spacial score (nSPS) is 20.5. The first-order chi connectivity index (χ1) is 12.0. The molecule has 1 saturated heterocycles. The van der Waals surface area contributed by atoms with Gasteiger partial charge in [-0.1, -0.05) is 6.07 Å². The molecule has 1 atom stereocenters. The third-order valence-electron chi connectivity index (χ3n) is 4.65. The van der Waals surface area contributed by atoms with Crippen LogP contribution in [0.3, 0.4) is 0 Å².